The Morgan fingerprint density at radius 1 is 1.00 bits per heavy atom. The van der Waals surface area contributed by atoms with Gasteiger partial charge >= 0.3 is 6.18 Å². The highest BCUT2D eigenvalue weighted by molar-refractivity contribution is 5.85. The van der Waals surface area contributed by atoms with E-state index in [2.05, 4.69) is 20.6 Å². The number of alkyl halides is 3. The summed E-state index contributed by atoms with van der Waals surface area (Å²) in [4.78, 5) is 0. The van der Waals surface area contributed by atoms with Gasteiger partial charge in [-0.25, -0.2) is 4.68 Å². The molecule has 0 aliphatic heterocycles. The number of aromatic nitrogens is 4. The molecule has 1 aromatic carbocycles. The van der Waals surface area contributed by atoms with Gasteiger partial charge in [0.2, 0.25) is 0 Å². The van der Waals surface area contributed by atoms with Crippen LogP contribution in [-0.4, -0.2) is 20.0 Å². The zero-order valence-corrected chi connectivity index (χ0v) is 12.3. The first-order valence-corrected chi connectivity index (χ1v) is 6.31. The van der Waals surface area contributed by atoms with E-state index in [9.17, 15) is 13.2 Å². The summed E-state index contributed by atoms with van der Waals surface area (Å²) in [6.07, 6.45) is -2.10. The molecule has 5 nitrogen and oxygen atoms in total. The third-order valence-electron chi connectivity index (χ3n) is 2.87. The van der Waals surface area contributed by atoms with Crippen molar-refractivity contribution >= 4 is 23.8 Å². The third kappa shape index (κ3) is 3.59. The first-order chi connectivity index (χ1) is 10.6. The van der Waals surface area contributed by atoms with Crippen LogP contribution in [0.5, 0.6) is 0 Å². The van der Waals surface area contributed by atoms with Crippen molar-refractivity contribution in [2.24, 2.45) is 0 Å². The number of nitrogens with zero attached hydrogens (tertiary/aromatic N) is 4. The van der Waals surface area contributed by atoms with Gasteiger partial charge in [-0.15, -0.1) is 17.5 Å². The molecule has 23 heavy (non-hydrogen) atoms. The fourth-order valence-corrected chi connectivity index (χ4v) is 1.97. The highest BCUT2D eigenvalue weighted by Crippen LogP contribution is 2.37. The van der Waals surface area contributed by atoms with Crippen LogP contribution in [0.1, 0.15) is 5.69 Å². The van der Waals surface area contributed by atoms with E-state index in [0.29, 0.717) is 5.69 Å². The first kappa shape index (κ1) is 16.8. The Labute approximate surface area is 135 Å². The van der Waals surface area contributed by atoms with Gasteiger partial charge in [0, 0.05) is 11.9 Å². The van der Waals surface area contributed by atoms with E-state index < -0.39 is 11.9 Å². The molecular weight excluding hydrogens is 331 g/mol. The normalized spacial score (nSPS) is 10.9. The molecule has 0 fully saturated rings. The molecule has 3 aromatic rings. The smallest absolute Gasteiger partial charge is 0.352 e. The fourth-order valence-electron chi connectivity index (χ4n) is 1.97. The standard InChI is InChI=1S/C14H10F3N5.ClH/c15-14(16,17)13-11(20-10-5-2-1-3-6-10)9-19-22(13)12-7-4-8-18-21-12;/h1-9,20H;1H. The van der Waals surface area contributed by atoms with E-state index >= 15 is 0 Å². The van der Waals surface area contributed by atoms with Crippen LogP contribution in [0, 0.1) is 0 Å². The van der Waals surface area contributed by atoms with Crippen molar-refractivity contribution in [3.63, 3.8) is 0 Å². The Morgan fingerprint density at radius 2 is 1.74 bits per heavy atom. The average Bonchev–Trinajstić information content (AvgIpc) is 2.93. The highest BCUT2D eigenvalue weighted by atomic mass is 35.5. The maximum absolute atomic E-state index is 13.4. The van der Waals surface area contributed by atoms with Crippen LogP contribution in [0.4, 0.5) is 24.5 Å². The van der Waals surface area contributed by atoms with Gasteiger partial charge in [-0.05, 0) is 24.3 Å². The molecule has 0 saturated carbocycles. The second kappa shape index (κ2) is 6.66. The van der Waals surface area contributed by atoms with Gasteiger partial charge in [-0.1, -0.05) is 18.2 Å². The lowest BCUT2D eigenvalue weighted by molar-refractivity contribution is -0.142. The van der Waals surface area contributed by atoms with Crippen molar-refractivity contribution < 1.29 is 13.2 Å². The number of hydrogen-bond donors (Lipinski definition) is 1. The Kier molecular flexibility index (Phi) is 4.85. The summed E-state index contributed by atoms with van der Waals surface area (Å²) in [7, 11) is 0. The van der Waals surface area contributed by atoms with Gasteiger partial charge in [-0.3, -0.25) is 0 Å². The molecule has 0 spiro atoms. The fraction of sp³-hybridized carbons (Fsp3) is 0.0714. The summed E-state index contributed by atoms with van der Waals surface area (Å²) < 4.78 is 40.9. The number of nitrogens with one attached hydrogen (secondary N) is 1. The number of para-hydroxylation sites is 1. The van der Waals surface area contributed by atoms with Crippen molar-refractivity contribution in [3.05, 3.63) is 60.6 Å². The van der Waals surface area contributed by atoms with Gasteiger partial charge in [0.1, 0.15) is 0 Å². The molecule has 0 saturated heterocycles. The molecule has 1 N–H and O–H groups in total. The van der Waals surface area contributed by atoms with E-state index in [1.807, 2.05) is 0 Å². The van der Waals surface area contributed by atoms with Crippen molar-refractivity contribution in [2.75, 3.05) is 5.32 Å². The van der Waals surface area contributed by atoms with E-state index in [1.54, 1.807) is 30.3 Å². The van der Waals surface area contributed by atoms with Gasteiger partial charge in [0.05, 0.1) is 11.9 Å². The van der Waals surface area contributed by atoms with Crippen LogP contribution in [0.25, 0.3) is 5.82 Å². The molecule has 2 aromatic heterocycles. The van der Waals surface area contributed by atoms with Crippen LogP contribution in [0.3, 0.4) is 0 Å². The van der Waals surface area contributed by atoms with Crippen molar-refractivity contribution in [2.45, 2.75) is 6.18 Å². The molecule has 0 amide bonds. The maximum Gasteiger partial charge on any atom is 0.435 e. The summed E-state index contributed by atoms with van der Waals surface area (Å²) in [6.45, 7) is 0. The Balaban J connectivity index is 0.00000192. The minimum absolute atomic E-state index is 0. The maximum atomic E-state index is 13.4. The number of anilines is 2. The van der Waals surface area contributed by atoms with Gasteiger partial charge in [-0.2, -0.15) is 23.4 Å². The Bertz CT molecular complexity index is 759. The Morgan fingerprint density at radius 3 is 2.35 bits per heavy atom. The molecule has 0 atom stereocenters. The average molecular weight is 342 g/mol. The lowest BCUT2D eigenvalue weighted by Gasteiger charge is -2.12. The minimum Gasteiger partial charge on any atom is -0.352 e. The monoisotopic (exact) mass is 341 g/mol. The lowest BCUT2D eigenvalue weighted by atomic mass is 10.3. The number of rotatable bonds is 3. The molecule has 120 valence electrons. The first-order valence-electron chi connectivity index (χ1n) is 6.31. The SMILES string of the molecule is Cl.FC(F)(F)c1c(Nc2ccccc2)cnn1-c1cccnn1. The zero-order valence-electron chi connectivity index (χ0n) is 11.5. The van der Waals surface area contributed by atoms with E-state index in [4.69, 9.17) is 0 Å². The van der Waals surface area contributed by atoms with Gasteiger partial charge in [0.15, 0.2) is 11.5 Å². The lowest BCUT2D eigenvalue weighted by Crippen LogP contribution is -2.16. The molecule has 3 rings (SSSR count). The molecule has 0 aliphatic rings. The topological polar surface area (TPSA) is 55.6 Å². The van der Waals surface area contributed by atoms with Crippen LogP contribution in [0.15, 0.2) is 54.9 Å². The largest absolute Gasteiger partial charge is 0.435 e. The summed E-state index contributed by atoms with van der Waals surface area (Å²) in [6, 6.07) is 11.5. The van der Waals surface area contributed by atoms with E-state index in [1.165, 1.54) is 18.3 Å². The predicted molar refractivity (Wildman–Crippen MR) is 81.1 cm³/mol. The van der Waals surface area contributed by atoms with Crippen molar-refractivity contribution in [3.8, 4) is 5.82 Å². The molecular formula is C14H11ClF3N5. The summed E-state index contributed by atoms with van der Waals surface area (Å²) in [5.41, 5.74) is -0.548. The molecule has 2 heterocycles. The second-order valence-electron chi connectivity index (χ2n) is 4.39. The summed E-state index contributed by atoms with van der Waals surface area (Å²) >= 11 is 0. The zero-order chi connectivity index (χ0) is 15.6. The molecule has 0 bridgehead atoms. The third-order valence-corrected chi connectivity index (χ3v) is 2.87. The predicted octanol–water partition coefficient (Wildman–Crippen LogP) is 3.85. The number of hydrogen-bond acceptors (Lipinski definition) is 4. The van der Waals surface area contributed by atoms with Crippen LogP contribution < -0.4 is 5.32 Å². The molecule has 0 aliphatic carbocycles. The quantitative estimate of drug-likeness (QED) is 0.786. The van der Waals surface area contributed by atoms with E-state index in [-0.39, 0.29) is 23.9 Å². The minimum atomic E-state index is -4.59. The second-order valence-corrected chi connectivity index (χ2v) is 4.39. The van der Waals surface area contributed by atoms with Crippen LogP contribution in [0.2, 0.25) is 0 Å². The van der Waals surface area contributed by atoms with Crippen molar-refractivity contribution in [1.82, 2.24) is 20.0 Å². The van der Waals surface area contributed by atoms with Gasteiger partial charge < -0.3 is 5.32 Å². The molecule has 0 unspecified atom stereocenters. The summed E-state index contributed by atoms with van der Waals surface area (Å²) in [5.74, 6) is -0.00376. The van der Waals surface area contributed by atoms with Crippen molar-refractivity contribution in [1.29, 1.82) is 0 Å². The highest BCUT2D eigenvalue weighted by Gasteiger charge is 2.39. The molecule has 0 radical (unpaired) electrons. The van der Waals surface area contributed by atoms with Crippen LogP contribution >= 0.6 is 12.4 Å². The number of halogens is 4. The number of benzene rings is 1. The van der Waals surface area contributed by atoms with Gasteiger partial charge in [0.25, 0.3) is 0 Å². The van der Waals surface area contributed by atoms with Crippen LogP contribution in [-0.2, 0) is 6.18 Å². The summed E-state index contributed by atoms with van der Waals surface area (Å²) in [5, 5.41) is 13.7. The molecule has 9 heteroatoms. The Hall–Kier alpha value is -2.61. The van der Waals surface area contributed by atoms with E-state index in [0.717, 1.165) is 10.9 Å².